The first-order chi connectivity index (χ1) is 12.2. The summed E-state index contributed by atoms with van der Waals surface area (Å²) in [6.07, 6.45) is 0.839. The molecule has 0 radical (unpaired) electrons. The van der Waals surface area contributed by atoms with Crippen molar-refractivity contribution in [1.82, 2.24) is 4.98 Å². The normalized spacial score (nSPS) is 10.8. The number of nitro groups is 1. The molecule has 1 rings (SSSR count). The van der Waals surface area contributed by atoms with Gasteiger partial charge in [0.1, 0.15) is 0 Å². The highest BCUT2D eigenvalue weighted by atomic mass is 79.9. The summed E-state index contributed by atoms with van der Waals surface area (Å²) in [6, 6.07) is 1.07. The first-order valence-corrected chi connectivity index (χ1v) is 8.40. The van der Waals surface area contributed by atoms with Crippen LogP contribution in [0.2, 0.25) is 0 Å². The summed E-state index contributed by atoms with van der Waals surface area (Å²) in [7, 11) is 0. The molecule has 142 valence electrons. The highest BCUT2D eigenvalue weighted by molar-refractivity contribution is 9.10. The number of pyridine rings is 1. The van der Waals surface area contributed by atoms with E-state index in [1.165, 1.54) is 20.8 Å². The Morgan fingerprint density at radius 1 is 1.15 bits per heavy atom. The van der Waals surface area contributed by atoms with E-state index in [0.717, 1.165) is 12.3 Å². The lowest BCUT2D eigenvalue weighted by molar-refractivity contribution is -0.386. The molecular weight excluding hydrogens is 416 g/mol. The van der Waals surface area contributed by atoms with Gasteiger partial charge in [-0.1, -0.05) is 6.92 Å². The molecule has 0 N–H and O–H groups in total. The van der Waals surface area contributed by atoms with Crippen LogP contribution in [0.3, 0.4) is 0 Å². The molecule has 0 fully saturated rings. The van der Waals surface area contributed by atoms with Gasteiger partial charge >= 0.3 is 29.5 Å². The predicted molar refractivity (Wildman–Crippen MR) is 90.2 cm³/mol. The van der Waals surface area contributed by atoms with E-state index in [4.69, 9.17) is 14.2 Å². The number of carbonyl (C=O) groups is 3. The minimum atomic E-state index is -2.41. The zero-order chi connectivity index (χ0) is 19.9. The molecule has 0 amide bonds. The maximum Gasteiger partial charge on any atom is 0.342 e. The van der Waals surface area contributed by atoms with Crippen molar-refractivity contribution in [2.24, 2.45) is 5.41 Å². The van der Waals surface area contributed by atoms with Crippen LogP contribution in [-0.4, -0.2) is 41.0 Å². The van der Waals surface area contributed by atoms with Gasteiger partial charge in [-0.3, -0.25) is 19.7 Å². The van der Waals surface area contributed by atoms with E-state index in [0.29, 0.717) is 0 Å². The van der Waals surface area contributed by atoms with Gasteiger partial charge in [0.15, 0.2) is 0 Å². The van der Waals surface area contributed by atoms with Crippen molar-refractivity contribution in [2.45, 2.75) is 27.2 Å². The monoisotopic (exact) mass is 432 g/mol. The molecule has 11 heteroatoms. The molecule has 0 aliphatic rings. The van der Waals surface area contributed by atoms with Crippen LogP contribution >= 0.6 is 15.9 Å². The van der Waals surface area contributed by atoms with Gasteiger partial charge in [0.05, 0.1) is 18.1 Å². The quantitative estimate of drug-likeness (QED) is 0.262. The number of hydrogen-bond acceptors (Lipinski definition) is 9. The van der Waals surface area contributed by atoms with Crippen LogP contribution in [0.1, 0.15) is 27.2 Å². The molecule has 0 unspecified atom stereocenters. The maximum absolute atomic E-state index is 12.7. The summed E-state index contributed by atoms with van der Waals surface area (Å²) >= 11 is 3.02. The summed E-state index contributed by atoms with van der Waals surface area (Å²) in [5.74, 6) is -4.35. The first kappa shape index (κ1) is 21.5. The van der Waals surface area contributed by atoms with E-state index >= 15 is 0 Å². The molecule has 0 spiro atoms. The van der Waals surface area contributed by atoms with Crippen LogP contribution < -0.4 is 4.74 Å². The number of esters is 3. The molecule has 0 aliphatic heterocycles. The second kappa shape index (κ2) is 9.22. The van der Waals surface area contributed by atoms with Gasteiger partial charge in [0.25, 0.3) is 5.41 Å². The standard InChI is InChI=1S/C15H17BrN2O8/c1-4-15(12(19)24-5-2,13(20)25-6-3)14(21)26-11-10(18(22)23)7-9(16)8-17-11/h7-8H,4-6H2,1-3H3. The Morgan fingerprint density at radius 2 is 1.69 bits per heavy atom. The number of nitrogens with zero attached hydrogens (tertiary/aromatic N) is 2. The maximum atomic E-state index is 12.7. The highest BCUT2D eigenvalue weighted by Crippen LogP contribution is 2.32. The lowest BCUT2D eigenvalue weighted by Crippen LogP contribution is -2.50. The Labute approximate surface area is 157 Å². The van der Waals surface area contributed by atoms with E-state index in [1.807, 2.05) is 0 Å². The molecule has 0 aromatic carbocycles. The van der Waals surface area contributed by atoms with Crippen LogP contribution in [-0.2, 0) is 23.9 Å². The van der Waals surface area contributed by atoms with E-state index in [-0.39, 0.29) is 24.1 Å². The molecule has 0 saturated carbocycles. The van der Waals surface area contributed by atoms with Crippen molar-refractivity contribution in [3.8, 4) is 5.88 Å². The Kier molecular flexibility index (Phi) is 7.62. The average Bonchev–Trinajstić information content (AvgIpc) is 2.58. The summed E-state index contributed by atoms with van der Waals surface area (Å²) in [5, 5.41) is 11.1. The third-order valence-corrected chi connectivity index (χ3v) is 3.75. The van der Waals surface area contributed by atoms with E-state index < -0.39 is 39.8 Å². The van der Waals surface area contributed by atoms with Crippen molar-refractivity contribution >= 4 is 39.5 Å². The molecule has 26 heavy (non-hydrogen) atoms. The first-order valence-electron chi connectivity index (χ1n) is 7.61. The lowest BCUT2D eigenvalue weighted by atomic mass is 9.85. The molecule has 10 nitrogen and oxygen atoms in total. The Bertz CT molecular complexity index is 704. The van der Waals surface area contributed by atoms with Gasteiger partial charge in [0.2, 0.25) is 0 Å². The molecule has 1 aromatic heterocycles. The SMILES string of the molecule is CCOC(=O)C(CC)(C(=O)OCC)C(=O)Oc1ncc(Br)cc1[N+](=O)[O-]. The van der Waals surface area contributed by atoms with Crippen LogP contribution in [0, 0.1) is 15.5 Å². The zero-order valence-electron chi connectivity index (χ0n) is 14.3. The Balaban J connectivity index is 3.36. The number of carbonyl (C=O) groups excluding carboxylic acids is 3. The zero-order valence-corrected chi connectivity index (χ0v) is 15.9. The van der Waals surface area contributed by atoms with Crippen LogP contribution in [0.15, 0.2) is 16.7 Å². The summed E-state index contributed by atoms with van der Waals surface area (Å²) in [4.78, 5) is 51.3. The van der Waals surface area contributed by atoms with Crippen LogP contribution in [0.25, 0.3) is 0 Å². The highest BCUT2D eigenvalue weighted by Gasteiger charge is 2.56. The van der Waals surface area contributed by atoms with Crippen molar-refractivity contribution in [3.05, 3.63) is 26.9 Å². The summed E-state index contributed by atoms with van der Waals surface area (Å²) in [5.41, 5.74) is -3.03. The van der Waals surface area contributed by atoms with Gasteiger partial charge < -0.3 is 14.2 Å². The largest absolute Gasteiger partial charge is 0.465 e. The topological polar surface area (TPSA) is 135 Å². The van der Waals surface area contributed by atoms with Crippen molar-refractivity contribution < 1.29 is 33.5 Å². The van der Waals surface area contributed by atoms with Crippen molar-refractivity contribution in [3.63, 3.8) is 0 Å². The van der Waals surface area contributed by atoms with Gasteiger partial charge in [-0.05, 0) is 36.2 Å². The van der Waals surface area contributed by atoms with Gasteiger partial charge in [-0.25, -0.2) is 9.78 Å². The molecule has 0 bridgehead atoms. The Morgan fingerprint density at radius 3 is 2.12 bits per heavy atom. The fourth-order valence-electron chi connectivity index (χ4n) is 1.99. The number of ether oxygens (including phenoxy) is 3. The van der Waals surface area contributed by atoms with Crippen molar-refractivity contribution in [1.29, 1.82) is 0 Å². The number of halogens is 1. The fourth-order valence-corrected chi connectivity index (χ4v) is 2.31. The second-order valence-corrected chi connectivity index (χ2v) is 5.74. The minimum Gasteiger partial charge on any atom is -0.465 e. The smallest absolute Gasteiger partial charge is 0.342 e. The summed E-state index contributed by atoms with van der Waals surface area (Å²) in [6.45, 7) is 4.19. The fraction of sp³-hybridized carbons (Fsp3) is 0.467. The predicted octanol–water partition coefficient (Wildman–Crippen LogP) is 2.18. The average molecular weight is 433 g/mol. The number of rotatable bonds is 8. The second-order valence-electron chi connectivity index (χ2n) is 4.82. The van der Waals surface area contributed by atoms with E-state index in [2.05, 4.69) is 20.9 Å². The van der Waals surface area contributed by atoms with E-state index in [9.17, 15) is 24.5 Å². The number of hydrogen-bond donors (Lipinski definition) is 0. The third kappa shape index (κ3) is 4.34. The van der Waals surface area contributed by atoms with Gasteiger partial charge in [-0.15, -0.1) is 0 Å². The third-order valence-electron chi connectivity index (χ3n) is 3.31. The number of aromatic nitrogens is 1. The molecule has 0 atom stereocenters. The molecule has 0 saturated heterocycles. The Hall–Kier alpha value is -2.56. The molecular formula is C15H17BrN2O8. The lowest BCUT2D eigenvalue weighted by Gasteiger charge is -2.25. The van der Waals surface area contributed by atoms with Crippen LogP contribution in [0.5, 0.6) is 5.88 Å². The summed E-state index contributed by atoms with van der Waals surface area (Å²) < 4.78 is 14.9. The molecule has 1 aromatic rings. The molecule has 0 aliphatic carbocycles. The van der Waals surface area contributed by atoms with Crippen molar-refractivity contribution in [2.75, 3.05) is 13.2 Å². The van der Waals surface area contributed by atoms with Crippen LogP contribution in [0.4, 0.5) is 5.69 Å². The van der Waals surface area contributed by atoms with Gasteiger partial charge in [0, 0.05) is 16.7 Å². The van der Waals surface area contributed by atoms with E-state index in [1.54, 1.807) is 0 Å². The van der Waals surface area contributed by atoms with Gasteiger partial charge in [-0.2, -0.15) is 0 Å². The molecule has 1 heterocycles. The minimum absolute atomic E-state index is 0.0933.